The van der Waals surface area contributed by atoms with E-state index in [0.717, 1.165) is 33.9 Å². The number of hydrogen-bond donors (Lipinski definition) is 0. The molecule has 2 aliphatic heterocycles. The van der Waals surface area contributed by atoms with Crippen molar-refractivity contribution >= 4 is 45.3 Å². The highest BCUT2D eigenvalue weighted by Gasteiger charge is 2.16. The zero-order valence-corrected chi connectivity index (χ0v) is 24.8. The average molecular weight is 537 g/mol. The predicted molar refractivity (Wildman–Crippen MR) is 163 cm³/mol. The lowest BCUT2D eigenvalue weighted by molar-refractivity contribution is 0.230. The van der Waals surface area contributed by atoms with Crippen LogP contribution in [0.2, 0.25) is 0 Å². The molecule has 37 heavy (non-hydrogen) atoms. The Bertz CT molecular complexity index is 1110. The summed E-state index contributed by atoms with van der Waals surface area (Å²) in [6.07, 6.45) is 10.8. The number of nitrogens with zero attached hydrogens (tertiary/aromatic N) is 4. The number of rotatable bonds is 10. The molecule has 2 saturated heterocycles. The van der Waals surface area contributed by atoms with Gasteiger partial charge in [0, 0.05) is 37.5 Å². The molecule has 0 aliphatic carbocycles. The molecule has 0 amide bonds. The summed E-state index contributed by atoms with van der Waals surface area (Å²) in [5.74, 6) is 2.33. The molecular weight excluding hydrogens is 493 g/mol. The number of hydrogen-bond acceptors (Lipinski definition) is 6. The Kier molecular flexibility index (Phi) is 9.67. The number of piperidine rings is 2. The van der Waals surface area contributed by atoms with Gasteiger partial charge >= 0.3 is 0 Å². The van der Waals surface area contributed by atoms with Crippen molar-refractivity contribution in [1.82, 2.24) is 19.8 Å². The summed E-state index contributed by atoms with van der Waals surface area (Å²) in [7, 11) is 0. The van der Waals surface area contributed by atoms with Crippen molar-refractivity contribution in [3.05, 3.63) is 35.2 Å². The molecule has 200 valence electrons. The Labute approximate surface area is 232 Å². The van der Waals surface area contributed by atoms with Crippen molar-refractivity contribution in [2.75, 3.05) is 50.8 Å². The molecule has 6 heteroatoms. The molecule has 0 spiro atoms. The normalized spacial score (nSPS) is 17.7. The van der Waals surface area contributed by atoms with Crippen LogP contribution in [0.15, 0.2) is 28.0 Å². The topological polar surface area (TPSA) is 32.3 Å². The largest absolute Gasteiger partial charge is 0.303 e. The van der Waals surface area contributed by atoms with E-state index in [0.29, 0.717) is 0 Å². The summed E-state index contributed by atoms with van der Waals surface area (Å²) in [4.78, 5) is 18.1. The van der Waals surface area contributed by atoms with Gasteiger partial charge in [0.05, 0.1) is 11.0 Å². The molecule has 0 N–H and O–H groups in total. The second-order valence-electron chi connectivity index (χ2n) is 11.0. The number of thioether (sulfide) groups is 2. The summed E-state index contributed by atoms with van der Waals surface area (Å²) in [6, 6.07) is 6.99. The van der Waals surface area contributed by atoms with Gasteiger partial charge in [-0.2, -0.15) is 0 Å². The van der Waals surface area contributed by atoms with Crippen LogP contribution < -0.4 is 0 Å². The highest BCUT2D eigenvalue weighted by molar-refractivity contribution is 7.99. The van der Waals surface area contributed by atoms with Crippen molar-refractivity contribution < 1.29 is 0 Å². The average Bonchev–Trinajstić information content (AvgIpc) is 2.91. The standard InChI is InChI=1S/C31H44N4S2/c1-23-20-28(36-18-10-16-34-12-6-4-7-13-34)26-22-27-29(37-19-11-17-35-14-8-5-9-15-35)21-24(2)33-31(27)25(3)30(26)32-23/h20-22H,4-19H2,1-3H3. The number of pyridine rings is 2. The molecule has 2 aromatic heterocycles. The molecule has 4 nitrogen and oxygen atoms in total. The van der Waals surface area contributed by atoms with E-state index in [4.69, 9.17) is 9.97 Å². The monoisotopic (exact) mass is 536 g/mol. The summed E-state index contributed by atoms with van der Waals surface area (Å²) >= 11 is 4.03. The lowest BCUT2D eigenvalue weighted by atomic mass is 10.0. The SMILES string of the molecule is Cc1cc(SCCCN2CCCCC2)c2cc3c(SCCCN4CCCCC4)cc(C)nc3c(C)c2n1. The minimum absolute atomic E-state index is 1.11. The van der Waals surface area contributed by atoms with Gasteiger partial charge in [-0.15, -0.1) is 23.5 Å². The van der Waals surface area contributed by atoms with Crippen LogP contribution in [0.5, 0.6) is 0 Å². The Balaban J connectivity index is 1.34. The number of fused-ring (bicyclic) bond motifs is 2. The van der Waals surface area contributed by atoms with Crippen LogP contribution >= 0.6 is 23.5 Å². The minimum atomic E-state index is 1.11. The van der Waals surface area contributed by atoms with Gasteiger partial charge in [-0.05, 0) is 128 Å². The molecule has 0 bridgehead atoms. The lowest BCUT2D eigenvalue weighted by Crippen LogP contribution is -2.30. The van der Waals surface area contributed by atoms with Gasteiger partial charge in [-0.1, -0.05) is 12.8 Å². The van der Waals surface area contributed by atoms with Gasteiger partial charge in [-0.3, -0.25) is 9.97 Å². The Hall–Kier alpha value is -1.34. The van der Waals surface area contributed by atoms with Crippen molar-refractivity contribution in [2.45, 2.75) is 81.9 Å². The van der Waals surface area contributed by atoms with Crippen molar-refractivity contribution in [3.63, 3.8) is 0 Å². The molecule has 5 rings (SSSR count). The third-order valence-corrected chi connectivity index (χ3v) is 10.2. The van der Waals surface area contributed by atoms with Crippen LogP contribution in [0.3, 0.4) is 0 Å². The van der Waals surface area contributed by atoms with E-state index in [9.17, 15) is 0 Å². The Morgan fingerprint density at radius 2 is 1.05 bits per heavy atom. The highest BCUT2D eigenvalue weighted by Crippen LogP contribution is 2.37. The second-order valence-corrected chi connectivity index (χ2v) is 13.3. The molecule has 2 fully saturated rings. The van der Waals surface area contributed by atoms with Gasteiger partial charge in [-0.25, -0.2) is 0 Å². The lowest BCUT2D eigenvalue weighted by Gasteiger charge is -2.26. The van der Waals surface area contributed by atoms with E-state index in [1.165, 1.54) is 117 Å². The maximum absolute atomic E-state index is 5.00. The fourth-order valence-corrected chi connectivity index (χ4v) is 8.08. The Morgan fingerprint density at radius 1 is 0.622 bits per heavy atom. The number of benzene rings is 1. The first-order chi connectivity index (χ1) is 18.1. The maximum Gasteiger partial charge on any atom is 0.0767 e. The summed E-state index contributed by atoms with van der Waals surface area (Å²) < 4.78 is 0. The molecule has 3 aromatic rings. The molecule has 0 atom stereocenters. The first-order valence-electron chi connectivity index (χ1n) is 14.5. The van der Waals surface area contributed by atoms with Crippen LogP contribution in [-0.2, 0) is 0 Å². The maximum atomic E-state index is 5.00. The van der Waals surface area contributed by atoms with Gasteiger partial charge in [0.15, 0.2) is 0 Å². The van der Waals surface area contributed by atoms with Crippen molar-refractivity contribution in [3.8, 4) is 0 Å². The van der Waals surface area contributed by atoms with E-state index in [-0.39, 0.29) is 0 Å². The third kappa shape index (κ3) is 7.00. The molecule has 0 saturated carbocycles. The predicted octanol–water partition coefficient (Wildman–Crippen LogP) is 7.64. The summed E-state index contributed by atoms with van der Waals surface area (Å²) in [6.45, 7) is 14.1. The molecule has 0 unspecified atom stereocenters. The van der Waals surface area contributed by atoms with E-state index in [1.807, 2.05) is 23.5 Å². The van der Waals surface area contributed by atoms with Gasteiger partial charge < -0.3 is 9.80 Å². The fraction of sp³-hybridized carbons (Fsp3) is 0.613. The highest BCUT2D eigenvalue weighted by atomic mass is 32.2. The smallest absolute Gasteiger partial charge is 0.0767 e. The fourth-order valence-electron chi connectivity index (χ4n) is 5.96. The quantitative estimate of drug-likeness (QED) is 0.150. The van der Waals surface area contributed by atoms with Crippen molar-refractivity contribution in [1.29, 1.82) is 0 Å². The first kappa shape index (κ1) is 27.2. The number of likely N-dealkylation sites (tertiary alicyclic amines) is 2. The Morgan fingerprint density at radius 3 is 1.49 bits per heavy atom. The van der Waals surface area contributed by atoms with Crippen LogP contribution in [0.4, 0.5) is 0 Å². The van der Waals surface area contributed by atoms with E-state index >= 15 is 0 Å². The zero-order valence-electron chi connectivity index (χ0n) is 23.2. The molecule has 0 radical (unpaired) electrons. The molecule has 1 aromatic carbocycles. The third-order valence-electron chi connectivity index (χ3n) is 7.95. The number of aromatic nitrogens is 2. The van der Waals surface area contributed by atoms with Crippen LogP contribution in [0, 0.1) is 20.8 Å². The van der Waals surface area contributed by atoms with E-state index in [2.05, 4.69) is 48.8 Å². The summed E-state index contributed by atoms with van der Waals surface area (Å²) in [5, 5.41) is 2.61. The molecular formula is C31H44N4S2. The minimum Gasteiger partial charge on any atom is -0.303 e. The van der Waals surface area contributed by atoms with E-state index in [1.54, 1.807) is 0 Å². The van der Waals surface area contributed by atoms with Crippen LogP contribution in [0.1, 0.15) is 68.3 Å². The van der Waals surface area contributed by atoms with Gasteiger partial charge in [0.1, 0.15) is 0 Å². The van der Waals surface area contributed by atoms with Gasteiger partial charge in [0.25, 0.3) is 0 Å². The van der Waals surface area contributed by atoms with Crippen LogP contribution in [-0.4, -0.2) is 70.5 Å². The first-order valence-corrected chi connectivity index (χ1v) is 16.5. The summed E-state index contributed by atoms with van der Waals surface area (Å²) in [5.41, 5.74) is 5.70. The zero-order chi connectivity index (χ0) is 25.6. The van der Waals surface area contributed by atoms with Crippen LogP contribution in [0.25, 0.3) is 21.8 Å². The second kappa shape index (κ2) is 13.1. The van der Waals surface area contributed by atoms with Crippen molar-refractivity contribution in [2.24, 2.45) is 0 Å². The molecule has 4 heterocycles. The van der Waals surface area contributed by atoms with Gasteiger partial charge in [0.2, 0.25) is 0 Å². The molecule has 2 aliphatic rings. The van der Waals surface area contributed by atoms with E-state index < -0.39 is 0 Å². The number of aryl methyl sites for hydroxylation is 3.